The lowest BCUT2D eigenvalue weighted by molar-refractivity contribution is -0.120. The number of rotatable bonds is 4. The van der Waals surface area contributed by atoms with Gasteiger partial charge in [-0.25, -0.2) is 0 Å². The number of nitrogens with one attached hydrogen (secondary N) is 2. The second kappa shape index (κ2) is 6.08. The maximum atomic E-state index is 12.1. The topological polar surface area (TPSA) is 70.9 Å². The van der Waals surface area contributed by atoms with Gasteiger partial charge in [-0.2, -0.15) is 0 Å². The Balaban J connectivity index is 1.68. The van der Waals surface area contributed by atoms with E-state index in [1.807, 2.05) is 12.1 Å². The average Bonchev–Trinajstić information content (AvgIpc) is 2.99. The van der Waals surface area contributed by atoms with E-state index in [0.717, 1.165) is 11.1 Å². The van der Waals surface area contributed by atoms with Crippen LogP contribution in [0.25, 0.3) is 10.9 Å². The minimum absolute atomic E-state index is 0.111. The number of fused-ring (bicyclic) bond motifs is 1. The van der Waals surface area contributed by atoms with Gasteiger partial charge >= 0.3 is 0 Å². The zero-order valence-corrected chi connectivity index (χ0v) is 14.0. The molecular weight excluding hydrogens is 314 g/mol. The number of aromatic nitrogens is 2. The van der Waals surface area contributed by atoms with E-state index in [4.69, 9.17) is 16.1 Å². The highest BCUT2D eigenvalue weighted by molar-refractivity contribution is 6.29. The fourth-order valence-electron chi connectivity index (χ4n) is 2.60. The summed E-state index contributed by atoms with van der Waals surface area (Å²) >= 11 is 5.88. The van der Waals surface area contributed by atoms with Crippen LogP contribution in [0.3, 0.4) is 0 Å². The Morgan fingerprint density at radius 1 is 1.35 bits per heavy atom. The smallest absolute Gasteiger partial charge is 0.229 e. The summed E-state index contributed by atoms with van der Waals surface area (Å²) in [5, 5.41) is 8.01. The van der Waals surface area contributed by atoms with E-state index < -0.39 is 0 Å². The van der Waals surface area contributed by atoms with E-state index in [1.165, 1.54) is 16.6 Å². The van der Waals surface area contributed by atoms with E-state index in [1.54, 1.807) is 6.92 Å². The maximum Gasteiger partial charge on any atom is 0.229 e. The van der Waals surface area contributed by atoms with Crippen molar-refractivity contribution in [3.05, 3.63) is 51.5 Å². The number of H-pyrrole nitrogens is 1. The molecule has 0 saturated carbocycles. The highest BCUT2D eigenvalue weighted by Crippen LogP contribution is 2.22. The number of amides is 1. The van der Waals surface area contributed by atoms with Crippen molar-refractivity contribution in [2.24, 2.45) is 0 Å². The summed E-state index contributed by atoms with van der Waals surface area (Å²) in [7, 11) is 0. The molecule has 0 fully saturated rings. The number of carbonyl (C=O) groups is 1. The number of halogens is 1. The zero-order valence-electron chi connectivity index (χ0n) is 13.3. The Bertz CT molecular complexity index is 860. The molecule has 0 aliphatic rings. The van der Waals surface area contributed by atoms with Crippen LogP contribution in [0.2, 0.25) is 5.22 Å². The van der Waals surface area contributed by atoms with Crippen molar-refractivity contribution in [3.8, 4) is 0 Å². The zero-order chi connectivity index (χ0) is 16.6. The van der Waals surface area contributed by atoms with Crippen LogP contribution in [0.1, 0.15) is 28.1 Å². The molecule has 0 spiro atoms. The molecule has 0 aliphatic heterocycles. The Labute approximate surface area is 139 Å². The number of benzene rings is 1. The SMILES string of the molecule is Cc1noc(Cl)c1CC(=O)NCc1ccc2[nH]c(C)c(C)c2c1. The molecule has 0 aliphatic carbocycles. The molecule has 3 rings (SSSR count). The predicted molar refractivity (Wildman–Crippen MR) is 89.6 cm³/mol. The van der Waals surface area contributed by atoms with Crippen LogP contribution in [-0.2, 0) is 17.8 Å². The third kappa shape index (κ3) is 3.10. The van der Waals surface area contributed by atoms with Gasteiger partial charge in [0.1, 0.15) is 0 Å². The minimum Gasteiger partial charge on any atom is -0.358 e. The first-order valence-electron chi connectivity index (χ1n) is 7.41. The monoisotopic (exact) mass is 331 g/mol. The van der Waals surface area contributed by atoms with Crippen molar-refractivity contribution in [2.45, 2.75) is 33.7 Å². The molecule has 23 heavy (non-hydrogen) atoms. The highest BCUT2D eigenvalue weighted by atomic mass is 35.5. The second-order valence-corrected chi connectivity index (χ2v) is 6.07. The molecule has 3 aromatic rings. The van der Waals surface area contributed by atoms with E-state index in [9.17, 15) is 4.79 Å². The normalized spacial score (nSPS) is 11.1. The number of hydrogen-bond donors (Lipinski definition) is 2. The van der Waals surface area contributed by atoms with Crippen LogP contribution < -0.4 is 5.32 Å². The van der Waals surface area contributed by atoms with Crippen molar-refractivity contribution in [1.29, 1.82) is 0 Å². The summed E-state index contributed by atoms with van der Waals surface area (Å²) in [6.07, 6.45) is 0.165. The fourth-order valence-corrected chi connectivity index (χ4v) is 2.84. The van der Waals surface area contributed by atoms with Crippen molar-refractivity contribution in [2.75, 3.05) is 0 Å². The van der Waals surface area contributed by atoms with Gasteiger partial charge in [0.15, 0.2) is 0 Å². The van der Waals surface area contributed by atoms with Gasteiger partial charge in [0.2, 0.25) is 11.1 Å². The number of aromatic amines is 1. The van der Waals surface area contributed by atoms with Gasteiger partial charge in [0.25, 0.3) is 0 Å². The first kappa shape index (κ1) is 15.6. The average molecular weight is 332 g/mol. The molecule has 6 heteroatoms. The van der Waals surface area contributed by atoms with Crippen LogP contribution in [0.5, 0.6) is 0 Å². The summed E-state index contributed by atoms with van der Waals surface area (Å²) in [6.45, 7) is 6.39. The maximum absolute atomic E-state index is 12.1. The molecule has 120 valence electrons. The molecule has 2 heterocycles. The van der Waals surface area contributed by atoms with Crippen molar-refractivity contribution < 1.29 is 9.32 Å². The lowest BCUT2D eigenvalue weighted by Crippen LogP contribution is -2.24. The second-order valence-electron chi connectivity index (χ2n) is 5.73. The molecule has 0 bridgehead atoms. The van der Waals surface area contributed by atoms with E-state index in [-0.39, 0.29) is 17.5 Å². The highest BCUT2D eigenvalue weighted by Gasteiger charge is 2.14. The molecule has 0 saturated heterocycles. The largest absolute Gasteiger partial charge is 0.358 e. The molecule has 1 amide bonds. The fraction of sp³-hybridized carbons (Fsp3) is 0.294. The standard InChI is InChI=1S/C17H18ClN3O2/c1-9-10(2)20-15-5-4-12(6-13(9)15)8-19-16(22)7-14-11(3)21-23-17(14)18/h4-6,20H,7-8H2,1-3H3,(H,19,22). The van der Waals surface area contributed by atoms with Crippen LogP contribution in [0.15, 0.2) is 22.7 Å². The van der Waals surface area contributed by atoms with Crippen LogP contribution in [0, 0.1) is 20.8 Å². The van der Waals surface area contributed by atoms with Gasteiger partial charge in [-0.15, -0.1) is 0 Å². The Kier molecular flexibility index (Phi) is 4.13. The van der Waals surface area contributed by atoms with Crippen molar-refractivity contribution in [3.63, 3.8) is 0 Å². The van der Waals surface area contributed by atoms with Gasteiger partial charge in [0, 0.05) is 28.7 Å². The van der Waals surface area contributed by atoms with Gasteiger partial charge in [-0.3, -0.25) is 4.79 Å². The molecule has 0 radical (unpaired) electrons. The van der Waals surface area contributed by atoms with Crippen LogP contribution >= 0.6 is 11.6 Å². The summed E-state index contributed by atoms with van der Waals surface area (Å²) in [6, 6.07) is 6.15. The molecule has 1 aromatic carbocycles. The van der Waals surface area contributed by atoms with Gasteiger partial charge in [-0.05, 0) is 55.6 Å². The Morgan fingerprint density at radius 2 is 2.13 bits per heavy atom. The molecule has 2 N–H and O–H groups in total. The lowest BCUT2D eigenvalue weighted by Gasteiger charge is -2.06. The van der Waals surface area contributed by atoms with Crippen LogP contribution in [0.4, 0.5) is 0 Å². The third-order valence-electron chi connectivity index (χ3n) is 4.14. The van der Waals surface area contributed by atoms with Gasteiger partial charge in [0.05, 0.1) is 12.1 Å². The summed E-state index contributed by atoms with van der Waals surface area (Å²) < 4.78 is 4.85. The lowest BCUT2D eigenvalue weighted by atomic mass is 10.1. The van der Waals surface area contributed by atoms with E-state index >= 15 is 0 Å². The first-order chi connectivity index (χ1) is 11.0. The number of aryl methyl sites for hydroxylation is 3. The van der Waals surface area contributed by atoms with E-state index in [0.29, 0.717) is 17.8 Å². The van der Waals surface area contributed by atoms with Gasteiger partial charge < -0.3 is 14.8 Å². The molecule has 0 atom stereocenters. The summed E-state index contributed by atoms with van der Waals surface area (Å²) in [5.74, 6) is -0.111. The predicted octanol–water partition coefficient (Wildman–Crippen LogP) is 3.59. The Hall–Kier alpha value is -2.27. The van der Waals surface area contributed by atoms with E-state index in [2.05, 4.69) is 35.4 Å². The minimum atomic E-state index is -0.111. The van der Waals surface area contributed by atoms with Crippen molar-refractivity contribution in [1.82, 2.24) is 15.5 Å². The number of nitrogens with zero attached hydrogens (tertiary/aromatic N) is 1. The number of hydrogen-bond acceptors (Lipinski definition) is 3. The molecule has 0 unspecified atom stereocenters. The molecule has 2 aromatic heterocycles. The molecular formula is C17H18ClN3O2. The van der Waals surface area contributed by atoms with Crippen LogP contribution in [-0.4, -0.2) is 16.0 Å². The van der Waals surface area contributed by atoms with Gasteiger partial charge in [-0.1, -0.05) is 11.2 Å². The summed E-state index contributed by atoms with van der Waals surface area (Å²) in [4.78, 5) is 15.4. The number of carbonyl (C=O) groups excluding carboxylic acids is 1. The van der Waals surface area contributed by atoms with Crippen molar-refractivity contribution >= 4 is 28.4 Å². The Morgan fingerprint density at radius 3 is 2.83 bits per heavy atom. The summed E-state index contributed by atoms with van der Waals surface area (Å²) in [5.41, 5.74) is 5.85. The third-order valence-corrected chi connectivity index (χ3v) is 4.43. The quantitative estimate of drug-likeness (QED) is 0.767. The first-order valence-corrected chi connectivity index (χ1v) is 7.78. The molecule has 5 nitrogen and oxygen atoms in total.